The van der Waals surface area contributed by atoms with Crippen LogP contribution in [0.25, 0.3) is 11.4 Å². The van der Waals surface area contributed by atoms with Gasteiger partial charge in [0.1, 0.15) is 11.6 Å². The molecule has 102 valence electrons. The summed E-state index contributed by atoms with van der Waals surface area (Å²) in [5, 5.41) is 0. The minimum atomic E-state index is 0.613. The third-order valence-electron chi connectivity index (χ3n) is 3.46. The molecule has 0 saturated carbocycles. The average molecular weight is 259 g/mol. The van der Waals surface area contributed by atoms with E-state index in [9.17, 15) is 0 Å². The van der Waals surface area contributed by atoms with Crippen molar-refractivity contribution in [3.05, 3.63) is 35.2 Å². The molecule has 0 amide bonds. The van der Waals surface area contributed by atoms with E-state index in [4.69, 9.17) is 15.5 Å². The largest absolute Gasteiger partial charge is 0.496 e. The van der Waals surface area contributed by atoms with Crippen molar-refractivity contribution in [2.45, 2.75) is 20.3 Å². The molecule has 0 aliphatic heterocycles. The second-order valence-electron chi connectivity index (χ2n) is 4.77. The van der Waals surface area contributed by atoms with Crippen LogP contribution >= 0.6 is 0 Å². The molecule has 0 spiro atoms. The SMILES string of the molecule is COc1ccc(C)cc1-c1nc(CCN)c(C)n1C. The van der Waals surface area contributed by atoms with Crippen molar-refractivity contribution in [3.8, 4) is 17.1 Å². The van der Waals surface area contributed by atoms with Crippen molar-refractivity contribution in [3.63, 3.8) is 0 Å². The molecule has 19 heavy (non-hydrogen) atoms. The van der Waals surface area contributed by atoms with E-state index >= 15 is 0 Å². The molecule has 0 aliphatic carbocycles. The van der Waals surface area contributed by atoms with Crippen molar-refractivity contribution >= 4 is 0 Å². The molecular formula is C15H21N3O. The third kappa shape index (κ3) is 2.49. The number of hydrogen-bond donors (Lipinski definition) is 1. The highest BCUT2D eigenvalue weighted by atomic mass is 16.5. The monoisotopic (exact) mass is 259 g/mol. The summed E-state index contributed by atoms with van der Waals surface area (Å²) in [6, 6.07) is 6.13. The third-order valence-corrected chi connectivity index (χ3v) is 3.46. The maximum atomic E-state index is 5.63. The van der Waals surface area contributed by atoms with E-state index in [0.29, 0.717) is 6.54 Å². The Kier molecular flexibility index (Phi) is 3.90. The molecular weight excluding hydrogens is 238 g/mol. The molecule has 0 atom stereocenters. The van der Waals surface area contributed by atoms with Crippen molar-refractivity contribution in [1.29, 1.82) is 0 Å². The fourth-order valence-electron chi connectivity index (χ4n) is 2.25. The molecule has 1 aromatic heterocycles. The van der Waals surface area contributed by atoms with E-state index in [1.165, 1.54) is 5.56 Å². The van der Waals surface area contributed by atoms with Crippen LogP contribution in [0, 0.1) is 13.8 Å². The fourth-order valence-corrected chi connectivity index (χ4v) is 2.25. The van der Waals surface area contributed by atoms with Crippen molar-refractivity contribution in [2.75, 3.05) is 13.7 Å². The number of nitrogens with two attached hydrogens (primary N) is 1. The van der Waals surface area contributed by atoms with Gasteiger partial charge < -0.3 is 15.0 Å². The van der Waals surface area contributed by atoms with Crippen molar-refractivity contribution < 1.29 is 4.74 Å². The first kappa shape index (κ1) is 13.6. The average Bonchev–Trinajstić information content (AvgIpc) is 2.67. The van der Waals surface area contributed by atoms with Crippen LogP contribution in [0.2, 0.25) is 0 Å². The lowest BCUT2D eigenvalue weighted by molar-refractivity contribution is 0.416. The van der Waals surface area contributed by atoms with Crippen LogP contribution in [-0.2, 0) is 13.5 Å². The van der Waals surface area contributed by atoms with Crippen LogP contribution in [0.1, 0.15) is 17.0 Å². The first-order valence-corrected chi connectivity index (χ1v) is 6.45. The summed E-state index contributed by atoms with van der Waals surface area (Å²) >= 11 is 0. The molecule has 0 aliphatic rings. The molecule has 0 radical (unpaired) electrons. The lowest BCUT2D eigenvalue weighted by atomic mass is 10.1. The standard InChI is InChI=1S/C15H21N3O/c1-10-5-6-14(19-4)12(9-10)15-17-13(7-8-16)11(2)18(15)3/h5-6,9H,7-8,16H2,1-4H3. The number of benzene rings is 1. The Morgan fingerprint density at radius 2 is 2.05 bits per heavy atom. The first-order chi connectivity index (χ1) is 9.08. The minimum Gasteiger partial charge on any atom is -0.496 e. The highest BCUT2D eigenvalue weighted by molar-refractivity contribution is 5.66. The van der Waals surface area contributed by atoms with E-state index in [1.807, 2.05) is 19.2 Å². The second kappa shape index (κ2) is 5.45. The van der Waals surface area contributed by atoms with Gasteiger partial charge in [-0.05, 0) is 32.5 Å². The molecule has 0 saturated heterocycles. The number of ether oxygens (including phenoxy) is 1. The summed E-state index contributed by atoms with van der Waals surface area (Å²) in [5.41, 5.74) is 10.1. The van der Waals surface area contributed by atoms with Crippen LogP contribution in [0.5, 0.6) is 5.75 Å². The van der Waals surface area contributed by atoms with Crippen molar-refractivity contribution in [1.82, 2.24) is 9.55 Å². The quantitative estimate of drug-likeness (QED) is 0.916. The summed E-state index contributed by atoms with van der Waals surface area (Å²) in [6.07, 6.45) is 0.799. The maximum Gasteiger partial charge on any atom is 0.143 e. The topological polar surface area (TPSA) is 53.1 Å². The van der Waals surface area contributed by atoms with Gasteiger partial charge in [-0.3, -0.25) is 0 Å². The van der Waals surface area contributed by atoms with Gasteiger partial charge in [-0.15, -0.1) is 0 Å². The summed E-state index contributed by atoms with van der Waals surface area (Å²) < 4.78 is 7.54. The highest BCUT2D eigenvalue weighted by Gasteiger charge is 2.15. The van der Waals surface area contributed by atoms with Gasteiger partial charge in [0.25, 0.3) is 0 Å². The van der Waals surface area contributed by atoms with E-state index in [-0.39, 0.29) is 0 Å². The Bertz CT molecular complexity index is 587. The van der Waals surface area contributed by atoms with E-state index in [1.54, 1.807) is 7.11 Å². The first-order valence-electron chi connectivity index (χ1n) is 6.45. The molecule has 1 heterocycles. The molecule has 4 nitrogen and oxygen atoms in total. The summed E-state index contributed by atoms with van der Waals surface area (Å²) in [4.78, 5) is 4.72. The molecule has 1 aromatic carbocycles. The Morgan fingerprint density at radius 3 is 2.68 bits per heavy atom. The van der Waals surface area contributed by atoms with Crippen LogP contribution < -0.4 is 10.5 Å². The van der Waals surface area contributed by atoms with Gasteiger partial charge in [0, 0.05) is 19.2 Å². The maximum absolute atomic E-state index is 5.63. The number of methoxy groups -OCH3 is 1. The molecule has 2 rings (SSSR count). The molecule has 0 bridgehead atoms. The van der Waals surface area contributed by atoms with Crippen LogP contribution in [0.3, 0.4) is 0 Å². The summed E-state index contributed by atoms with van der Waals surface area (Å²) in [6.45, 7) is 4.76. The van der Waals surface area contributed by atoms with Crippen LogP contribution in [0.15, 0.2) is 18.2 Å². The molecule has 2 aromatic rings. The Labute approximate surface area is 114 Å². The van der Waals surface area contributed by atoms with Gasteiger partial charge in [-0.1, -0.05) is 11.6 Å². The normalized spacial score (nSPS) is 10.8. The second-order valence-corrected chi connectivity index (χ2v) is 4.77. The number of aryl methyl sites for hydroxylation is 1. The number of imidazole rings is 1. The zero-order valence-electron chi connectivity index (χ0n) is 12.0. The van der Waals surface area contributed by atoms with Gasteiger partial charge >= 0.3 is 0 Å². The molecule has 2 N–H and O–H groups in total. The van der Waals surface area contributed by atoms with E-state index < -0.39 is 0 Å². The van der Waals surface area contributed by atoms with Gasteiger partial charge in [-0.2, -0.15) is 0 Å². The Hall–Kier alpha value is -1.81. The smallest absolute Gasteiger partial charge is 0.143 e. The van der Waals surface area contributed by atoms with Gasteiger partial charge in [0.05, 0.1) is 18.4 Å². The fraction of sp³-hybridized carbons (Fsp3) is 0.400. The lowest BCUT2D eigenvalue weighted by Crippen LogP contribution is -2.04. The number of nitrogens with zero attached hydrogens (tertiary/aromatic N) is 2. The van der Waals surface area contributed by atoms with Gasteiger partial charge in [-0.25, -0.2) is 4.98 Å². The van der Waals surface area contributed by atoms with Crippen LogP contribution in [0.4, 0.5) is 0 Å². The highest BCUT2D eigenvalue weighted by Crippen LogP contribution is 2.31. The van der Waals surface area contributed by atoms with E-state index in [2.05, 4.69) is 24.5 Å². The predicted molar refractivity (Wildman–Crippen MR) is 77.4 cm³/mol. The number of rotatable bonds is 4. The molecule has 0 unspecified atom stereocenters. The van der Waals surface area contributed by atoms with Gasteiger partial charge in [0.15, 0.2) is 0 Å². The lowest BCUT2D eigenvalue weighted by Gasteiger charge is -2.09. The predicted octanol–water partition coefficient (Wildman–Crippen LogP) is 2.21. The Morgan fingerprint density at radius 1 is 1.32 bits per heavy atom. The van der Waals surface area contributed by atoms with Crippen molar-refractivity contribution in [2.24, 2.45) is 12.8 Å². The summed E-state index contributed by atoms with van der Waals surface area (Å²) in [5.74, 6) is 1.78. The number of hydrogen-bond acceptors (Lipinski definition) is 3. The molecule has 4 heteroatoms. The Balaban J connectivity index is 2.58. The zero-order valence-corrected chi connectivity index (χ0v) is 12.0. The van der Waals surface area contributed by atoms with Gasteiger partial charge in [0.2, 0.25) is 0 Å². The minimum absolute atomic E-state index is 0.613. The van der Waals surface area contributed by atoms with Crippen LogP contribution in [-0.4, -0.2) is 23.2 Å². The molecule has 0 fully saturated rings. The zero-order chi connectivity index (χ0) is 14.0. The summed E-state index contributed by atoms with van der Waals surface area (Å²) in [7, 11) is 3.71. The van der Waals surface area contributed by atoms with E-state index in [0.717, 1.165) is 34.9 Å². The number of aromatic nitrogens is 2.